The van der Waals surface area contributed by atoms with Crippen LogP contribution in [-0.2, 0) is 9.47 Å². The molecule has 0 saturated carbocycles. The fourth-order valence-corrected chi connectivity index (χ4v) is 7.30. The lowest BCUT2D eigenvalue weighted by Crippen LogP contribution is -2.56. The third-order valence-corrected chi connectivity index (χ3v) is 9.71. The summed E-state index contributed by atoms with van der Waals surface area (Å²) in [7, 11) is 0. The highest BCUT2D eigenvalue weighted by Crippen LogP contribution is 2.41. The maximum atomic E-state index is 13.3. The van der Waals surface area contributed by atoms with Gasteiger partial charge in [0.25, 0.3) is 5.91 Å². The summed E-state index contributed by atoms with van der Waals surface area (Å²) >= 11 is 0. The highest BCUT2D eigenvalue weighted by molar-refractivity contribution is 5.97. The highest BCUT2D eigenvalue weighted by Gasteiger charge is 2.54. The lowest BCUT2D eigenvalue weighted by Gasteiger charge is -2.46. The number of carbonyl (C=O) groups is 2. The van der Waals surface area contributed by atoms with Crippen molar-refractivity contribution < 1.29 is 19.1 Å². The van der Waals surface area contributed by atoms with Crippen molar-refractivity contribution in [2.45, 2.75) is 83.4 Å². The molecule has 39 heavy (non-hydrogen) atoms. The first-order chi connectivity index (χ1) is 18.9. The highest BCUT2D eigenvalue weighted by atomic mass is 16.6. The first-order valence-electron chi connectivity index (χ1n) is 15.3. The van der Waals surface area contributed by atoms with Crippen LogP contribution in [0, 0.1) is 13.8 Å². The van der Waals surface area contributed by atoms with Gasteiger partial charge in [-0.05, 0) is 44.2 Å². The average molecular weight is 541 g/mol. The quantitative estimate of drug-likeness (QED) is 0.495. The van der Waals surface area contributed by atoms with Gasteiger partial charge in [-0.3, -0.25) is 19.5 Å². The van der Waals surface area contributed by atoms with E-state index in [1.807, 2.05) is 36.9 Å². The summed E-state index contributed by atoms with van der Waals surface area (Å²) in [6.07, 6.45) is 6.98. The van der Waals surface area contributed by atoms with Gasteiger partial charge in [0.05, 0.1) is 19.3 Å². The van der Waals surface area contributed by atoms with Crippen LogP contribution >= 0.6 is 0 Å². The van der Waals surface area contributed by atoms with Crippen LogP contribution in [0.4, 0.5) is 4.79 Å². The van der Waals surface area contributed by atoms with Gasteiger partial charge in [-0.1, -0.05) is 38.0 Å². The predicted octanol–water partition coefficient (Wildman–Crippen LogP) is 4.09. The van der Waals surface area contributed by atoms with Crippen LogP contribution in [-0.4, -0.2) is 115 Å². The molecule has 0 aliphatic carbocycles. The fourth-order valence-electron chi connectivity index (χ4n) is 7.30. The Bertz CT molecular complexity index is 974. The summed E-state index contributed by atoms with van der Waals surface area (Å²) in [6, 6.07) is 6.75. The second-order valence-corrected chi connectivity index (χ2v) is 12.1. The predicted molar refractivity (Wildman–Crippen MR) is 152 cm³/mol. The molecule has 0 radical (unpaired) electrons. The number of ether oxygens (including phenoxy) is 2. The number of benzene rings is 1. The van der Waals surface area contributed by atoms with Gasteiger partial charge in [0.2, 0.25) is 0 Å². The summed E-state index contributed by atoms with van der Waals surface area (Å²) in [6.45, 7) is 14.9. The maximum absolute atomic E-state index is 13.3. The van der Waals surface area contributed by atoms with E-state index in [0.717, 1.165) is 127 Å². The van der Waals surface area contributed by atoms with E-state index in [1.165, 1.54) is 0 Å². The zero-order valence-corrected chi connectivity index (χ0v) is 24.3. The van der Waals surface area contributed by atoms with Crippen molar-refractivity contribution >= 4 is 12.0 Å². The van der Waals surface area contributed by atoms with Crippen molar-refractivity contribution in [2.75, 3.05) is 65.6 Å². The minimum Gasteiger partial charge on any atom is -0.440 e. The number of amides is 2. The second-order valence-electron chi connectivity index (χ2n) is 12.1. The lowest BCUT2D eigenvalue weighted by molar-refractivity contribution is -0.0385. The van der Waals surface area contributed by atoms with Gasteiger partial charge in [-0.15, -0.1) is 0 Å². The van der Waals surface area contributed by atoms with Crippen LogP contribution in [0.1, 0.15) is 73.4 Å². The Hall–Kier alpha value is -2.16. The molecule has 216 valence electrons. The number of rotatable bonds is 8. The number of piperidine rings is 2. The van der Waals surface area contributed by atoms with Crippen LogP contribution in [0.25, 0.3) is 0 Å². The number of unbranched alkanes of at least 4 members (excludes halogenated alkanes) is 1. The fraction of sp³-hybridized carbons (Fsp3) is 0.742. The lowest BCUT2D eigenvalue weighted by atomic mass is 9.81. The second kappa shape index (κ2) is 12.6. The van der Waals surface area contributed by atoms with E-state index in [0.29, 0.717) is 6.04 Å². The zero-order valence-electron chi connectivity index (χ0n) is 24.3. The van der Waals surface area contributed by atoms with Crippen molar-refractivity contribution in [3.05, 3.63) is 34.9 Å². The standard InChI is InChI=1S/C31H48N4O4/c1-4-5-9-27-31(39-30(37)35(27)19-18-32-20-22-38-23-21-32)12-16-33(17-13-31)26-10-14-34(15-11-26)29(36)28-24(2)7-6-8-25(28)3/h6-8,26-27H,4-5,9-23H2,1-3H3. The minimum absolute atomic E-state index is 0.115. The first kappa shape index (κ1) is 28.4. The van der Waals surface area contributed by atoms with Gasteiger partial charge in [0, 0.05) is 76.8 Å². The molecule has 1 spiro atoms. The molecular formula is C31H48N4O4. The van der Waals surface area contributed by atoms with Gasteiger partial charge >= 0.3 is 6.09 Å². The van der Waals surface area contributed by atoms with E-state index in [2.05, 4.69) is 21.6 Å². The molecule has 4 saturated heterocycles. The summed E-state index contributed by atoms with van der Waals surface area (Å²) < 4.78 is 11.8. The number of hydrogen-bond donors (Lipinski definition) is 0. The Balaban J connectivity index is 1.16. The van der Waals surface area contributed by atoms with Crippen LogP contribution in [0.3, 0.4) is 0 Å². The first-order valence-corrected chi connectivity index (χ1v) is 15.3. The summed E-state index contributed by atoms with van der Waals surface area (Å²) in [5.74, 6) is 0.176. The van der Waals surface area contributed by atoms with E-state index in [4.69, 9.17) is 9.47 Å². The zero-order chi connectivity index (χ0) is 27.4. The molecule has 1 aromatic carbocycles. The molecule has 4 aliphatic rings. The normalized spacial score (nSPS) is 24.9. The molecule has 1 atom stereocenters. The molecule has 1 aromatic rings. The van der Waals surface area contributed by atoms with Gasteiger partial charge < -0.3 is 14.4 Å². The maximum Gasteiger partial charge on any atom is 0.410 e. The average Bonchev–Trinajstić information content (AvgIpc) is 3.20. The molecule has 4 fully saturated rings. The Morgan fingerprint density at radius 3 is 2.28 bits per heavy atom. The number of morpholine rings is 1. The van der Waals surface area contributed by atoms with Gasteiger partial charge in [0.1, 0.15) is 5.60 Å². The molecule has 4 heterocycles. The minimum atomic E-state index is -0.354. The molecule has 0 bridgehead atoms. The Morgan fingerprint density at radius 2 is 1.64 bits per heavy atom. The van der Waals surface area contributed by atoms with Crippen molar-refractivity contribution in [2.24, 2.45) is 0 Å². The van der Waals surface area contributed by atoms with E-state index in [1.54, 1.807) is 0 Å². The summed E-state index contributed by atoms with van der Waals surface area (Å²) in [5, 5.41) is 0. The van der Waals surface area contributed by atoms with Crippen molar-refractivity contribution in [1.82, 2.24) is 19.6 Å². The van der Waals surface area contributed by atoms with Crippen LogP contribution < -0.4 is 0 Å². The SMILES string of the molecule is CCCCC1N(CCN2CCOCC2)C(=O)OC12CCN(C1CCN(C(=O)c3c(C)cccc3C)CC1)CC2. The van der Waals surface area contributed by atoms with E-state index >= 15 is 0 Å². The van der Waals surface area contributed by atoms with Crippen LogP contribution in [0.15, 0.2) is 18.2 Å². The van der Waals surface area contributed by atoms with Gasteiger partial charge in [-0.2, -0.15) is 0 Å². The van der Waals surface area contributed by atoms with Crippen LogP contribution in [0.5, 0.6) is 0 Å². The topological polar surface area (TPSA) is 65.6 Å². The molecule has 2 amide bonds. The van der Waals surface area contributed by atoms with E-state index < -0.39 is 0 Å². The van der Waals surface area contributed by atoms with E-state index in [-0.39, 0.29) is 23.6 Å². The van der Waals surface area contributed by atoms with Gasteiger partial charge in [0.15, 0.2) is 0 Å². The molecule has 1 unspecified atom stereocenters. The largest absolute Gasteiger partial charge is 0.440 e. The molecule has 8 nitrogen and oxygen atoms in total. The third kappa shape index (κ3) is 6.13. The third-order valence-electron chi connectivity index (χ3n) is 9.71. The number of carbonyl (C=O) groups excluding carboxylic acids is 2. The van der Waals surface area contributed by atoms with Gasteiger partial charge in [-0.25, -0.2) is 4.79 Å². The van der Waals surface area contributed by atoms with E-state index in [9.17, 15) is 9.59 Å². The number of nitrogens with zero attached hydrogens (tertiary/aromatic N) is 4. The Labute approximate surface area is 234 Å². The molecular weight excluding hydrogens is 492 g/mol. The summed E-state index contributed by atoms with van der Waals surface area (Å²) in [4.78, 5) is 35.5. The van der Waals surface area contributed by atoms with Crippen molar-refractivity contribution in [3.8, 4) is 0 Å². The molecule has 4 aliphatic heterocycles. The van der Waals surface area contributed by atoms with Crippen molar-refractivity contribution in [1.29, 1.82) is 0 Å². The number of hydrogen-bond acceptors (Lipinski definition) is 6. The monoisotopic (exact) mass is 540 g/mol. The number of likely N-dealkylation sites (tertiary alicyclic amines) is 2. The smallest absolute Gasteiger partial charge is 0.410 e. The molecule has 5 rings (SSSR count). The molecule has 0 aromatic heterocycles. The summed E-state index contributed by atoms with van der Waals surface area (Å²) in [5.41, 5.74) is 2.64. The van der Waals surface area contributed by atoms with Crippen LogP contribution in [0.2, 0.25) is 0 Å². The Morgan fingerprint density at radius 1 is 0.974 bits per heavy atom. The van der Waals surface area contributed by atoms with Crippen molar-refractivity contribution in [3.63, 3.8) is 0 Å². The molecule has 0 N–H and O–H groups in total. The molecule has 8 heteroatoms. The Kier molecular flexibility index (Phi) is 9.14. The number of aryl methyl sites for hydroxylation is 2.